The smallest absolute Gasteiger partial charge is 0.494 e. The maximum Gasteiger partial charge on any atom is 0.705 e. The van der Waals surface area contributed by atoms with Gasteiger partial charge in [0.2, 0.25) is 0 Å². The Kier molecular flexibility index (Phi) is 12.8. The molecule has 38 heavy (non-hydrogen) atoms. The summed E-state index contributed by atoms with van der Waals surface area (Å²) in [4.78, 5) is 37.6. The van der Waals surface area contributed by atoms with Crippen LogP contribution in [0.3, 0.4) is 0 Å². The average Bonchev–Trinajstić information content (AvgIpc) is 2.87. The van der Waals surface area contributed by atoms with Crippen LogP contribution in [0, 0.1) is 23.7 Å². The summed E-state index contributed by atoms with van der Waals surface area (Å²) < 4.78 is 22.9. The Bertz CT molecular complexity index is 831. The van der Waals surface area contributed by atoms with Crippen molar-refractivity contribution in [2.45, 2.75) is 105 Å². The van der Waals surface area contributed by atoms with E-state index in [4.69, 9.17) is 18.0 Å². The van der Waals surface area contributed by atoms with Crippen LogP contribution in [-0.2, 0) is 27.7 Å². The monoisotopic (exact) mass is 548 g/mol. The van der Waals surface area contributed by atoms with Gasteiger partial charge in [-0.05, 0) is 61.6 Å². The van der Waals surface area contributed by atoms with Crippen LogP contribution in [0.5, 0.6) is 5.75 Å². The lowest BCUT2D eigenvalue weighted by atomic mass is 9.77. The fourth-order valence-corrected chi connectivity index (χ4v) is 7.17. The highest BCUT2D eigenvalue weighted by Gasteiger charge is 2.53. The number of hydrogen-bond donors (Lipinski definition) is 0. The molecule has 7 nitrogen and oxygen atoms in total. The summed E-state index contributed by atoms with van der Waals surface area (Å²) in [7, 11) is -3.98. The first-order chi connectivity index (χ1) is 18.0. The molecule has 214 valence electrons. The maximum absolute atomic E-state index is 12.5. The third-order valence-corrected chi connectivity index (χ3v) is 9.48. The first-order valence-corrected chi connectivity index (χ1v) is 16.3. The van der Waals surface area contributed by atoms with E-state index in [0.717, 1.165) is 11.7 Å². The van der Waals surface area contributed by atoms with Crippen LogP contribution >= 0.6 is 0 Å². The molecule has 0 saturated heterocycles. The first kappa shape index (κ1) is 31.9. The van der Waals surface area contributed by atoms with Gasteiger partial charge in [0.1, 0.15) is 5.75 Å². The van der Waals surface area contributed by atoms with E-state index < -0.39 is 44.5 Å². The van der Waals surface area contributed by atoms with Crippen molar-refractivity contribution in [1.29, 1.82) is 0 Å². The number of carbonyl (C=O) groups is 3. The second-order valence-corrected chi connectivity index (χ2v) is 13.9. The third-order valence-electron chi connectivity index (χ3n) is 6.97. The molecule has 1 saturated carbocycles. The van der Waals surface area contributed by atoms with E-state index in [-0.39, 0.29) is 6.04 Å². The van der Waals surface area contributed by atoms with Gasteiger partial charge in [-0.25, -0.2) is 0 Å². The predicted molar refractivity (Wildman–Crippen MR) is 150 cm³/mol. The van der Waals surface area contributed by atoms with E-state index >= 15 is 0 Å². The minimum absolute atomic E-state index is 0.0987. The number of rotatable bonds is 14. The maximum atomic E-state index is 12.5. The van der Waals surface area contributed by atoms with Crippen molar-refractivity contribution in [2.75, 3.05) is 6.61 Å². The molecule has 1 aliphatic carbocycles. The second kappa shape index (κ2) is 15.3. The van der Waals surface area contributed by atoms with Gasteiger partial charge in [-0.3, -0.25) is 14.4 Å². The molecule has 8 heteroatoms. The van der Waals surface area contributed by atoms with Gasteiger partial charge in [0.05, 0.1) is 30.4 Å². The molecule has 0 spiro atoms. The highest BCUT2D eigenvalue weighted by molar-refractivity contribution is 6.65. The molecule has 0 N–H and O–H groups in total. The second-order valence-electron chi connectivity index (χ2n) is 11.4. The lowest BCUT2D eigenvalue weighted by molar-refractivity contribution is -0.154. The summed E-state index contributed by atoms with van der Waals surface area (Å²) in [6.45, 7) is 12.6. The zero-order chi connectivity index (χ0) is 28.3. The van der Waals surface area contributed by atoms with Gasteiger partial charge in [0.15, 0.2) is 0 Å². The van der Waals surface area contributed by atoms with Crippen LogP contribution in [-0.4, -0.2) is 33.3 Å². The molecule has 0 unspecified atom stereocenters. The summed E-state index contributed by atoms with van der Waals surface area (Å²) in [5.74, 6) is -0.838. The Balaban J connectivity index is 2.02. The topological polar surface area (TPSA) is 88.1 Å². The van der Waals surface area contributed by atoms with Crippen molar-refractivity contribution < 1.29 is 32.4 Å². The van der Waals surface area contributed by atoms with Crippen LogP contribution in [0.4, 0.5) is 0 Å². The lowest BCUT2D eigenvalue weighted by Gasteiger charge is -2.29. The average molecular weight is 549 g/mol. The summed E-state index contributed by atoms with van der Waals surface area (Å²) >= 11 is 0. The summed E-state index contributed by atoms with van der Waals surface area (Å²) in [5.41, 5.74) is 1.36. The molecule has 0 aliphatic heterocycles. The first-order valence-electron chi connectivity index (χ1n) is 14.4. The molecule has 0 atom stereocenters. The Morgan fingerprint density at radius 1 is 0.789 bits per heavy atom. The van der Waals surface area contributed by atoms with Gasteiger partial charge < -0.3 is 18.0 Å². The van der Waals surface area contributed by atoms with Crippen molar-refractivity contribution in [3.05, 3.63) is 29.8 Å². The fourth-order valence-electron chi connectivity index (χ4n) is 4.54. The number of ether oxygens (including phenoxy) is 1. The minimum atomic E-state index is -3.98. The molecule has 0 heterocycles. The van der Waals surface area contributed by atoms with Crippen molar-refractivity contribution in [1.82, 2.24) is 0 Å². The summed E-state index contributed by atoms with van der Waals surface area (Å²) in [6, 6.07) is 8.39. The van der Waals surface area contributed by atoms with Crippen LogP contribution in [0.2, 0.25) is 6.04 Å². The van der Waals surface area contributed by atoms with E-state index in [1.807, 2.05) is 12.1 Å². The van der Waals surface area contributed by atoms with Gasteiger partial charge in [0, 0.05) is 0 Å². The number of carbonyl (C=O) groups excluding carboxylic acids is 3. The van der Waals surface area contributed by atoms with Gasteiger partial charge in [0.25, 0.3) is 17.9 Å². The van der Waals surface area contributed by atoms with Gasteiger partial charge in [-0.15, -0.1) is 0 Å². The largest absolute Gasteiger partial charge is 0.705 e. The van der Waals surface area contributed by atoms with Gasteiger partial charge in [-0.2, -0.15) is 0 Å². The lowest BCUT2D eigenvalue weighted by Crippen LogP contribution is -2.52. The van der Waals surface area contributed by atoms with Crippen molar-refractivity contribution in [3.63, 3.8) is 0 Å². The van der Waals surface area contributed by atoms with Crippen molar-refractivity contribution in [2.24, 2.45) is 23.7 Å². The quantitative estimate of drug-likeness (QED) is 0.181. The molecule has 1 aliphatic rings. The Labute approximate surface area is 230 Å². The van der Waals surface area contributed by atoms with E-state index in [1.54, 1.807) is 41.5 Å². The van der Waals surface area contributed by atoms with Crippen molar-refractivity contribution >= 4 is 26.7 Å². The third kappa shape index (κ3) is 10.1. The molecule has 0 bridgehead atoms. The molecule has 1 fully saturated rings. The van der Waals surface area contributed by atoms with Crippen LogP contribution in [0.25, 0.3) is 0 Å². The van der Waals surface area contributed by atoms with Crippen LogP contribution in [0.15, 0.2) is 24.3 Å². The molecular weight excluding hydrogens is 500 g/mol. The van der Waals surface area contributed by atoms with E-state index in [1.165, 1.54) is 44.1 Å². The zero-order valence-electron chi connectivity index (χ0n) is 24.4. The van der Waals surface area contributed by atoms with Crippen molar-refractivity contribution in [3.8, 4) is 5.75 Å². The van der Waals surface area contributed by atoms with Gasteiger partial charge in [-0.1, -0.05) is 73.4 Å². The molecule has 1 aromatic carbocycles. The summed E-state index contributed by atoms with van der Waals surface area (Å²) in [5, 5.41) is 0. The summed E-state index contributed by atoms with van der Waals surface area (Å²) in [6.07, 6.45) is 8.11. The zero-order valence-corrected chi connectivity index (χ0v) is 25.4. The Morgan fingerprint density at radius 3 is 1.68 bits per heavy atom. The SMILES string of the molecule is CCCC1CCC(c2ccc(OCCC[Si](OC(=O)C(C)C)(OC(=O)C(C)C)OC(=O)C(C)C)cc2)CC1. The highest BCUT2D eigenvalue weighted by Crippen LogP contribution is 2.38. The van der Waals surface area contributed by atoms with E-state index in [9.17, 15) is 14.4 Å². The number of hydrogen-bond acceptors (Lipinski definition) is 7. The molecular formula is C30H48O7Si. The van der Waals surface area contributed by atoms with Crippen LogP contribution in [0.1, 0.15) is 105 Å². The van der Waals surface area contributed by atoms with Gasteiger partial charge >= 0.3 is 8.80 Å². The molecule has 2 rings (SSSR count). The molecule has 1 aromatic rings. The van der Waals surface area contributed by atoms with E-state index in [0.29, 0.717) is 18.9 Å². The number of benzene rings is 1. The normalized spacial score (nSPS) is 17.9. The Hall–Kier alpha value is -2.35. The minimum Gasteiger partial charge on any atom is -0.494 e. The molecule has 0 amide bonds. The fraction of sp³-hybridized carbons (Fsp3) is 0.700. The molecule has 0 aromatic heterocycles. The standard InChI is InChI=1S/C30H48O7Si/c1-8-10-24-11-13-25(14-12-24)26-15-17-27(18-16-26)34-19-9-20-38(35-28(31)21(2)3,36-29(32)22(4)5)37-30(33)23(6)7/h15-18,21-25H,8-14,19-20H2,1-7H3. The molecule has 0 radical (unpaired) electrons. The predicted octanol–water partition coefficient (Wildman–Crippen LogP) is 7.07. The Morgan fingerprint density at radius 2 is 1.26 bits per heavy atom. The van der Waals surface area contributed by atoms with E-state index in [2.05, 4.69) is 19.1 Å². The highest BCUT2D eigenvalue weighted by atomic mass is 28.4. The van der Waals surface area contributed by atoms with Crippen LogP contribution < -0.4 is 4.74 Å².